The highest BCUT2D eigenvalue weighted by Crippen LogP contribution is 2.13. The minimum absolute atomic E-state index is 0.298. The first-order chi connectivity index (χ1) is 6.88. The van der Waals surface area contributed by atoms with Gasteiger partial charge in [0, 0.05) is 25.4 Å². The lowest BCUT2D eigenvalue weighted by atomic mass is 10.2. The van der Waals surface area contributed by atoms with Crippen LogP contribution >= 0.6 is 0 Å². The standard InChI is InChI=1S/C12H19NO/c1-2-13(10-6-7-11-14)12-8-4-3-5-9-12/h3-5,8-9,14H,2,6-7,10-11H2,1H3. The van der Waals surface area contributed by atoms with Crippen LogP contribution in [-0.4, -0.2) is 24.8 Å². The molecule has 2 nitrogen and oxygen atoms in total. The van der Waals surface area contributed by atoms with E-state index >= 15 is 0 Å². The lowest BCUT2D eigenvalue weighted by Gasteiger charge is -2.22. The summed E-state index contributed by atoms with van der Waals surface area (Å²) >= 11 is 0. The molecule has 0 fully saturated rings. The van der Waals surface area contributed by atoms with Gasteiger partial charge < -0.3 is 10.0 Å². The highest BCUT2D eigenvalue weighted by atomic mass is 16.2. The van der Waals surface area contributed by atoms with E-state index in [9.17, 15) is 0 Å². The van der Waals surface area contributed by atoms with Crippen LogP contribution < -0.4 is 4.90 Å². The number of hydrogen-bond acceptors (Lipinski definition) is 2. The second-order valence-electron chi connectivity index (χ2n) is 3.35. The summed E-state index contributed by atoms with van der Waals surface area (Å²) in [6.07, 6.45) is 1.95. The predicted octanol–water partition coefficient (Wildman–Crippen LogP) is 2.29. The van der Waals surface area contributed by atoms with E-state index in [1.807, 2.05) is 6.07 Å². The van der Waals surface area contributed by atoms with Crippen molar-refractivity contribution < 1.29 is 5.11 Å². The number of para-hydroxylation sites is 1. The molecule has 2 heteroatoms. The average molecular weight is 193 g/mol. The second kappa shape index (κ2) is 6.44. The molecule has 78 valence electrons. The Hall–Kier alpha value is -1.02. The molecule has 0 aromatic heterocycles. The molecule has 0 unspecified atom stereocenters. The van der Waals surface area contributed by atoms with Crippen LogP contribution in [0.1, 0.15) is 19.8 Å². The lowest BCUT2D eigenvalue weighted by Crippen LogP contribution is -2.23. The number of benzene rings is 1. The molecule has 0 spiro atoms. The lowest BCUT2D eigenvalue weighted by molar-refractivity contribution is 0.285. The zero-order chi connectivity index (χ0) is 10.2. The van der Waals surface area contributed by atoms with E-state index < -0.39 is 0 Å². The Morgan fingerprint density at radius 3 is 2.43 bits per heavy atom. The number of hydrogen-bond donors (Lipinski definition) is 1. The van der Waals surface area contributed by atoms with E-state index in [-0.39, 0.29) is 0 Å². The third kappa shape index (κ3) is 3.38. The number of rotatable bonds is 6. The minimum atomic E-state index is 0.298. The summed E-state index contributed by atoms with van der Waals surface area (Å²) in [6, 6.07) is 10.4. The summed E-state index contributed by atoms with van der Waals surface area (Å²) in [7, 11) is 0. The molecular formula is C12H19NO. The molecule has 0 saturated heterocycles. The summed E-state index contributed by atoms with van der Waals surface area (Å²) in [5.41, 5.74) is 1.27. The molecule has 0 bridgehead atoms. The normalized spacial score (nSPS) is 10.1. The van der Waals surface area contributed by atoms with Crippen molar-refractivity contribution in [2.45, 2.75) is 19.8 Å². The molecule has 1 aromatic carbocycles. The number of unbranched alkanes of at least 4 members (excludes halogenated alkanes) is 1. The molecule has 1 aromatic rings. The van der Waals surface area contributed by atoms with Crippen LogP contribution in [0.4, 0.5) is 5.69 Å². The van der Waals surface area contributed by atoms with E-state index in [2.05, 4.69) is 36.1 Å². The average Bonchev–Trinajstić information content (AvgIpc) is 2.26. The van der Waals surface area contributed by atoms with Crippen LogP contribution in [0, 0.1) is 0 Å². The van der Waals surface area contributed by atoms with Gasteiger partial charge in [-0.15, -0.1) is 0 Å². The van der Waals surface area contributed by atoms with Crippen LogP contribution in [0.25, 0.3) is 0 Å². The van der Waals surface area contributed by atoms with Crippen molar-refractivity contribution in [3.63, 3.8) is 0 Å². The monoisotopic (exact) mass is 193 g/mol. The quantitative estimate of drug-likeness (QED) is 0.701. The SMILES string of the molecule is CCN(CCCCO)c1ccccc1. The molecule has 1 rings (SSSR count). The summed E-state index contributed by atoms with van der Waals surface area (Å²) in [6.45, 7) is 4.51. The predicted molar refractivity (Wildman–Crippen MR) is 60.6 cm³/mol. The fourth-order valence-electron chi connectivity index (χ4n) is 1.52. The summed E-state index contributed by atoms with van der Waals surface area (Å²) in [5, 5.41) is 8.70. The van der Waals surface area contributed by atoms with Gasteiger partial charge in [-0.05, 0) is 31.9 Å². The molecule has 0 radical (unpaired) electrons. The zero-order valence-electron chi connectivity index (χ0n) is 8.82. The summed E-state index contributed by atoms with van der Waals surface area (Å²) in [5.74, 6) is 0. The molecule has 0 aliphatic carbocycles. The van der Waals surface area contributed by atoms with Gasteiger partial charge in [0.15, 0.2) is 0 Å². The van der Waals surface area contributed by atoms with Crippen LogP contribution in [0.3, 0.4) is 0 Å². The Balaban J connectivity index is 2.46. The highest BCUT2D eigenvalue weighted by Gasteiger charge is 2.01. The van der Waals surface area contributed by atoms with Gasteiger partial charge in [-0.3, -0.25) is 0 Å². The number of aliphatic hydroxyl groups is 1. The third-order valence-corrected chi connectivity index (χ3v) is 2.34. The maximum atomic E-state index is 8.70. The van der Waals surface area contributed by atoms with Crippen molar-refractivity contribution in [3.8, 4) is 0 Å². The Labute approximate surface area is 86.2 Å². The third-order valence-electron chi connectivity index (χ3n) is 2.34. The molecule has 0 aliphatic heterocycles. The summed E-state index contributed by atoms with van der Waals surface area (Å²) < 4.78 is 0. The van der Waals surface area contributed by atoms with E-state index in [4.69, 9.17) is 5.11 Å². The number of nitrogens with zero attached hydrogens (tertiary/aromatic N) is 1. The first-order valence-corrected chi connectivity index (χ1v) is 5.29. The second-order valence-corrected chi connectivity index (χ2v) is 3.35. The molecular weight excluding hydrogens is 174 g/mol. The first kappa shape index (κ1) is 11.1. The van der Waals surface area contributed by atoms with E-state index in [1.165, 1.54) is 5.69 Å². The van der Waals surface area contributed by atoms with Crippen molar-refractivity contribution in [1.82, 2.24) is 0 Å². The number of aliphatic hydroxyl groups excluding tert-OH is 1. The first-order valence-electron chi connectivity index (χ1n) is 5.29. The Morgan fingerprint density at radius 1 is 1.14 bits per heavy atom. The molecule has 0 aliphatic rings. The van der Waals surface area contributed by atoms with Crippen LogP contribution in [0.5, 0.6) is 0 Å². The van der Waals surface area contributed by atoms with Gasteiger partial charge in [0.1, 0.15) is 0 Å². The number of anilines is 1. The van der Waals surface area contributed by atoms with Gasteiger partial charge in [0.25, 0.3) is 0 Å². The van der Waals surface area contributed by atoms with Crippen molar-refractivity contribution in [2.75, 3.05) is 24.6 Å². The molecule has 0 heterocycles. The smallest absolute Gasteiger partial charge is 0.0431 e. The molecule has 1 N–H and O–H groups in total. The van der Waals surface area contributed by atoms with Crippen molar-refractivity contribution >= 4 is 5.69 Å². The van der Waals surface area contributed by atoms with Gasteiger partial charge in [0.2, 0.25) is 0 Å². The van der Waals surface area contributed by atoms with Crippen LogP contribution in [0.15, 0.2) is 30.3 Å². The van der Waals surface area contributed by atoms with E-state index in [0.29, 0.717) is 6.61 Å². The van der Waals surface area contributed by atoms with Gasteiger partial charge in [0.05, 0.1) is 0 Å². The Kier molecular flexibility index (Phi) is 5.08. The molecule has 14 heavy (non-hydrogen) atoms. The molecule has 0 saturated carbocycles. The van der Waals surface area contributed by atoms with Crippen molar-refractivity contribution in [1.29, 1.82) is 0 Å². The van der Waals surface area contributed by atoms with Crippen molar-refractivity contribution in [3.05, 3.63) is 30.3 Å². The fraction of sp³-hybridized carbons (Fsp3) is 0.500. The minimum Gasteiger partial charge on any atom is -0.396 e. The molecule has 0 amide bonds. The van der Waals surface area contributed by atoms with Crippen LogP contribution in [0.2, 0.25) is 0 Å². The maximum Gasteiger partial charge on any atom is 0.0431 e. The fourth-order valence-corrected chi connectivity index (χ4v) is 1.52. The van der Waals surface area contributed by atoms with Gasteiger partial charge >= 0.3 is 0 Å². The van der Waals surface area contributed by atoms with E-state index in [0.717, 1.165) is 25.9 Å². The van der Waals surface area contributed by atoms with Crippen LogP contribution in [-0.2, 0) is 0 Å². The largest absolute Gasteiger partial charge is 0.396 e. The van der Waals surface area contributed by atoms with Gasteiger partial charge in [-0.2, -0.15) is 0 Å². The van der Waals surface area contributed by atoms with E-state index in [1.54, 1.807) is 0 Å². The highest BCUT2D eigenvalue weighted by molar-refractivity contribution is 5.45. The Morgan fingerprint density at radius 2 is 1.86 bits per heavy atom. The van der Waals surface area contributed by atoms with Gasteiger partial charge in [-0.25, -0.2) is 0 Å². The van der Waals surface area contributed by atoms with Crippen molar-refractivity contribution in [2.24, 2.45) is 0 Å². The van der Waals surface area contributed by atoms with Gasteiger partial charge in [-0.1, -0.05) is 18.2 Å². The topological polar surface area (TPSA) is 23.5 Å². The molecule has 0 atom stereocenters. The Bertz CT molecular complexity index is 235. The maximum absolute atomic E-state index is 8.70. The summed E-state index contributed by atoms with van der Waals surface area (Å²) in [4.78, 5) is 2.33. The zero-order valence-corrected chi connectivity index (χ0v) is 8.82.